The molecule has 0 saturated heterocycles. The molecule has 0 aromatic carbocycles. The molecule has 1 N–H and O–H groups in total. The Hall–Kier alpha value is -1.75. The lowest BCUT2D eigenvalue weighted by molar-refractivity contribution is 0.874. The highest BCUT2D eigenvalue weighted by Gasteiger charge is 2.20. The summed E-state index contributed by atoms with van der Waals surface area (Å²) in [4.78, 5) is 16.0. The summed E-state index contributed by atoms with van der Waals surface area (Å²) in [5, 5.41) is 10.9. The lowest BCUT2D eigenvalue weighted by Gasteiger charge is -2.04. The summed E-state index contributed by atoms with van der Waals surface area (Å²) in [6.07, 6.45) is 0.755. The van der Waals surface area contributed by atoms with Crippen molar-refractivity contribution in [2.24, 2.45) is 4.99 Å². The average Bonchev–Trinajstić information content (AvgIpc) is 2.93. The molecule has 0 bridgehead atoms. The Morgan fingerprint density at radius 2 is 2.41 bits per heavy atom. The molecular formula is C12H11N3OS. The fourth-order valence-electron chi connectivity index (χ4n) is 2.09. The van der Waals surface area contributed by atoms with Gasteiger partial charge in [-0.3, -0.25) is 9.79 Å². The van der Waals surface area contributed by atoms with E-state index in [-0.39, 0.29) is 5.56 Å². The number of fused-ring (bicyclic) bond motifs is 1. The molecule has 3 rings (SSSR count). The highest BCUT2D eigenvalue weighted by molar-refractivity contribution is 7.07. The van der Waals surface area contributed by atoms with Crippen molar-refractivity contribution < 1.29 is 0 Å². The summed E-state index contributed by atoms with van der Waals surface area (Å²) in [5.41, 5.74) is 4.53. The van der Waals surface area contributed by atoms with Gasteiger partial charge in [-0.15, -0.1) is 0 Å². The van der Waals surface area contributed by atoms with Gasteiger partial charge in [0.05, 0.1) is 17.8 Å². The number of aromatic nitrogens is 2. The smallest absolute Gasteiger partial charge is 0.273 e. The van der Waals surface area contributed by atoms with E-state index in [9.17, 15) is 4.79 Å². The van der Waals surface area contributed by atoms with Crippen LogP contribution in [0.3, 0.4) is 0 Å². The lowest BCUT2D eigenvalue weighted by atomic mass is 10.0. The van der Waals surface area contributed by atoms with Gasteiger partial charge in [0.2, 0.25) is 0 Å². The van der Waals surface area contributed by atoms with E-state index in [4.69, 9.17) is 0 Å². The number of rotatable bonds is 2. The van der Waals surface area contributed by atoms with Crippen LogP contribution in [0, 0.1) is 0 Å². The van der Waals surface area contributed by atoms with Gasteiger partial charge in [-0.2, -0.15) is 16.4 Å². The van der Waals surface area contributed by atoms with E-state index in [0.717, 1.165) is 23.4 Å². The Morgan fingerprint density at radius 3 is 3.18 bits per heavy atom. The van der Waals surface area contributed by atoms with Crippen molar-refractivity contribution >= 4 is 17.0 Å². The van der Waals surface area contributed by atoms with Gasteiger partial charge < -0.3 is 0 Å². The summed E-state index contributed by atoms with van der Waals surface area (Å²) in [6, 6.07) is 2.08. The van der Waals surface area contributed by atoms with Crippen molar-refractivity contribution in [1.29, 1.82) is 0 Å². The zero-order chi connectivity index (χ0) is 11.8. The van der Waals surface area contributed by atoms with Crippen LogP contribution in [0.2, 0.25) is 0 Å². The second kappa shape index (κ2) is 3.92. The van der Waals surface area contributed by atoms with Crippen molar-refractivity contribution in [3.63, 3.8) is 0 Å². The molecular weight excluding hydrogens is 234 g/mol. The fourth-order valence-corrected chi connectivity index (χ4v) is 2.75. The number of nitrogens with zero attached hydrogens (tertiary/aromatic N) is 2. The molecule has 1 aliphatic heterocycles. The van der Waals surface area contributed by atoms with Crippen LogP contribution in [0.4, 0.5) is 0 Å². The molecule has 2 aromatic rings. The standard InChI is InChI=1S/C12H11N3OS/c1-7-11-9(5-13-7)10(14-15-12(11)16)4-8-2-3-17-6-8/h2-3,6H,4-5H2,1H3,(H,15,16). The van der Waals surface area contributed by atoms with Crippen LogP contribution in [0.5, 0.6) is 0 Å². The third-order valence-electron chi connectivity index (χ3n) is 2.96. The molecule has 0 saturated carbocycles. The first-order valence-electron chi connectivity index (χ1n) is 5.38. The Kier molecular flexibility index (Phi) is 2.40. The molecule has 4 nitrogen and oxygen atoms in total. The lowest BCUT2D eigenvalue weighted by Crippen LogP contribution is -2.20. The summed E-state index contributed by atoms with van der Waals surface area (Å²) < 4.78 is 0. The number of aromatic amines is 1. The van der Waals surface area contributed by atoms with E-state index in [2.05, 4.69) is 26.6 Å². The van der Waals surface area contributed by atoms with Gasteiger partial charge in [0.15, 0.2) is 0 Å². The normalized spacial score (nSPS) is 13.6. The molecule has 1 aliphatic rings. The monoisotopic (exact) mass is 245 g/mol. The van der Waals surface area contributed by atoms with E-state index < -0.39 is 0 Å². The maximum absolute atomic E-state index is 11.7. The molecule has 0 amide bonds. The second-order valence-corrected chi connectivity index (χ2v) is 4.84. The summed E-state index contributed by atoms with van der Waals surface area (Å²) in [6.45, 7) is 2.45. The third kappa shape index (κ3) is 1.72. The molecule has 2 aromatic heterocycles. The van der Waals surface area contributed by atoms with Gasteiger partial charge in [0, 0.05) is 17.7 Å². The highest BCUT2D eigenvalue weighted by atomic mass is 32.1. The molecule has 3 heterocycles. The average molecular weight is 245 g/mol. The van der Waals surface area contributed by atoms with Gasteiger partial charge in [-0.1, -0.05) is 0 Å². The number of hydrogen-bond donors (Lipinski definition) is 1. The zero-order valence-electron chi connectivity index (χ0n) is 9.36. The molecule has 0 aliphatic carbocycles. The number of H-pyrrole nitrogens is 1. The Balaban J connectivity index is 2.07. The minimum atomic E-state index is -0.132. The largest absolute Gasteiger partial charge is 0.284 e. The van der Waals surface area contributed by atoms with Crippen molar-refractivity contribution in [3.05, 3.63) is 49.6 Å². The van der Waals surface area contributed by atoms with Crippen LogP contribution in [-0.4, -0.2) is 15.9 Å². The first kappa shape index (κ1) is 10.4. The number of hydrogen-bond acceptors (Lipinski definition) is 4. The summed E-state index contributed by atoms with van der Waals surface area (Å²) in [7, 11) is 0. The zero-order valence-corrected chi connectivity index (χ0v) is 10.2. The molecule has 86 valence electrons. The quantitative estimate of drug-likeness (QED) is 0.876. The molecule has 0 unspecified atom stereocenters. The second-order valence-electron chi connectivity index (χ2n) is 4.06. The van der Waals surface area contributed by atoms with Gasteiger partial charge in [0.25, 0.3) is 5.56 Å². The van der Waals surface area contributed by atoms with Crippen LogP contribution in [-0.2, 0) is 13.0 Å². The van der Waals surface area contributed by atoms with Gasteiger partial charge in [-0.25, -0.2) is 5.10 Å². The summed E-state index contributed by atoms with van der Waals surface area (Å²) in [5.74, 6) is 0. The molecule has 0 radical (unpaired) electrons. The maximum Gasteiger partial charge on any atom is 0.273 e. The SMILES string of the molecule is CC1=NCc2c(Cc3ccsc3)n[nH]c(=O)c21. The first-order valence-corrected chi connectivity index (χ1v) is 6.33. The molecule has 0 fully saturated rings. The predicted molar refractivity (Wildman–Crippen MR) is 67.9 cm³/mol. The predicted octanol–water partition coefficient (Wildman–Crippen LogP) is 1.74. The number of thiophene rings is 1. The van der Waals surface area contributed by atoms with E-state index >= 15 is 0 Å². The Labute approximate surface area is 102 Å². The van der Waals surface area contributed by atoms with E-state index in [0.29, 0.717) is 12.1 Å². The molecule has 0 atom stereocenters. The van der Waals surface area contributed by atoms with Crippen LogP contribution >= 0.6 is 11.3 Å². The van der Waals surface area contributed by atoms with Crippen LogP contribution in [0.25, 0.3) is 0 Å². The molecule has 5 heteroatoms. The topological polar surface area (TPSA) is 58.1 Å². The van der Waals surface area contributed by atoms with E-state index in [1.807, 2.05) is 12.3 Å². The molecule has 17 heavy (non-hydrogen) atoms. The maximum atomic E-state index is 11.7. The van der Waals surface area contributed by atoms with Gasteiger partial charge >= 0.3 is 0 Å². The van der Waals surface area contributed by atoms with Crippen LogP contribution in [0.15, 0.2) is 26.6 Å². The Morgan fingerprint density at radius 1 is 1.53 bits per heavy atom. The van der Waals surface area contributed by atoms with Crippen molar-refractivity contribution in [3.8, 4) is 0 Å². The minimum Gasteiger partial charge on any atom is -0.284 e. The highest BCUT2D eigenvalue weighted by Crippen LogP contribution is 2.20. The van der Waals surface area contributed by atoms with Gasteiger partial charge in [0.1, 0.15) is 0 Å². The fraction of sp³-hybridized carbons (Fsp3) is 0.250. The number of aliphatic imine (C=N–C) groups is 1. The van der Waals surface area contributed by atoms with E-state index in [1.54, 1.807) is 11.3 Å². The third-order valence-corrected chi connectivity index (χ3v) is 3.69. The van der Waals surface area contributed by atoms with Crippen LogP contribution in [0.1, 0.15) is 29.3 Å². The van der Waals surface area contributed by atoms with Gasteiger partial charge in [-0.05, 0) is 29.3 Å². The van der Waals surface area contributed by atoms with Crippen molar-refractivity contribution in [2.45, 2.75) is 19.9 Å². The van der Waals surface area contributed by atoms with E-state index in [1.165, 1.54) is 5.56 Å². The molecule has 0 spiro atoms. The first-order chi connectivity index (χ1) is 8.25. The van der Waals surface area contributed by atoms with Crippen molar-refractivity contribution in [2.75, 3.05) is 0 Å². The number of nitrogens with one attached hydrogen (secondary N) is 1. The minimum absolute atomic E-state index is 0.132. The van der Waals surface area contributed by atoms with Crippen molar-refractivity contribution in [1.82, 2.24) is 10.2 Å². The van der Waals surface area contributed by atoms with Crippen LogP contribution < -0.4 is 5.56 Å². The Bertz CT molecular complexity index is 640. The summed E-state index contributed by atoms with van der Waals surface area (Å²) >= 11 is 1.67.